The van der Waals surface area contributed by atoms with Crippen molar-refractivity contribution in [3.63, 3.8) is 0 Å². The van der Waals surface area contributed by atoms with Crippen LogP contribution in [0.15, 0.2) is 17.2 Å². The lowest BCUT2D eigenvalue weighted by Gasteiger charge is -2.24. The Hall–Kier alpha value is -1.10. The molecular weight excluding hydrogens is 270 g/mol. The van der Waals surface area contributed by atoms with Crippen molar-refractivity contribution >= 4 is 27.4 Å². The van der Waals surface area contributed by atoms with Gasteiger partial charge in [-0.1, -0.05) is 6.58 Å². The lowest BCUT2D eigenvalue weighted by molar-refractivity contribution is -0.132. The molecular formula is C11H14BrN3O. The molecule has 1 aliphatic heterocycles. The van der Waals surface area contributed by atoms with Crippen LogP contribution in [-0.4, -0.2) is 33.2 Å². The van der Waals surface area contributed by atoms with E-state index in [0.717, 1.165) is 15.9 Å². The van der Waals surface area contributed by atoms with E-state index in [1.165, 1.54) is 0 Å². The van der Waals surface area contributed by atoms with Crippen LogP contribution >= 0.6 is 15.9 Å². The number of hydrogen-bond donors (Lipinski definition) is 0. The molecule has 0 aliphatic carbocycles. The van der Waals surface area contributed by atoms with Crippen LogP contribution in [0.25, 0.3) is 5.57 Å². The van der Waals surface area contributed by atoms with Gasteiger partial charge in [-0.2, -0.15) is 5.10 Å². The zero-order valence-corrected chi connectivity index (χ0v) is 11.0. The summed E-state index contributed by atoms with van der Waals surface area (Å²) in [5, 5.41) is 4.23. The zero-order chi connectivity index (χ0) is 11.9. The van der Waals surface area contributed by atoms with Gasteiger partial charge in [0.1, 0.15) is 11.1 Å². The van der Waals surface area contributed by atoms with E-state index in [2.05, 4.69) is 27.6 Å². The first-order valence-corrected chi connectivity index (χ1v) is 5.99. The van der Waals surface area contributed by atoms with E-state index < -0.39 is 0 Å². The Morgan fingerprint density at radius 2 is 2.19 bits per heavy atom. The highest BCUT2D eigenvalue weighted by Gasteiger charge is 2.25. The highest BCUT2D eigenvalue weighted by molar-refractivity contribution is 9.10. The van der Waals surface area contributed by atoms with Crippen LogP contribution in [0.5, 0.6) is 0 Å². The maximum atomic E-state index is 12.0. The quantitative estimate of drug-likeness (QED) is 0.790. The van der Waals surface area contributed by atoms with Crippen molar-refractivity contribution < 1.29 is 4.79 Å². The zero-order valence-electron chi connectivity index (χ0n) is 9.40. The second-order valence-corrected chi connectivity index (χ2v) is 5.04. The molecule has 16 heavy (non-hydrogen) atoms. The highest BCUT2D eigenvalue weighted by atomic mass is 79.9. The summed E-state index contributed by atoms with van der Waals surface area (Å²) in [5.74, 6) is 0.0884. The van der Waals surface area contributed by atoms with Gasteiger partial charge < -0.3 is 4.90 Å². The van der Waals surface area contributed by atoms with E-state index in [0.29, 0.717) is 6.54 Å². The molecule has 0 saturated heterocycles. The monoisotopic (exact) mass is 283 g/mol. The maximum Gasteiger partial charge on any atom is 0.244 e. The predicted molar refractivity (Wildman–Crippen MR) is 65.8 cm³/mol. The molecule has 1 amide bonds. The molecule has 86 valence electrons. The minimum Gasteiger partial charge on any atom is -0.334 e. The summed E-state index contributed by atoms with van der Waals surface area (Å²) >= 11 is 3.31. The number of amides is 1. The smallest absolute Gasteiger partial charge is 0.244 e. The van der Waals surface area contributed by atoms with Crippen molar-refractivity contribution in [3.8, 4) is 0 Å². The van der Waals surface area contributed by atoms with E-state index in [-0.39, 0.29) is 18.5 Å². The van der Waals surface area contributed by atoms with Gasteiger partial charge in [0.2, 0.25) is 5.91 Å². The second kappa shape index (κ2) is 4.05. The molecule has 0 bridgehead atoms. The van der Waals surface area contributed by atoms with Gasteiger partial charge in [-0.3, -0.25) is 9.48 Å². The molecule has 0 atom stereocenters. The first kappa shape index (κ1) is 11.4. The molecule has 0 radical (unpaired) electrons. The Balaban J connectivity index is 2.38. The molecule has 1 aromatic heterocycles. The highest BCUT2D eigenvalue weighted by Crippen LogP contribution is 2.22. The number of rotatable bonds is 1. The van der Waals surface area contributed by atoms with Crippen molar-refractivity contribution in [2.75, 3.05) is 6.54 Å². The summed E-state index contributed by atoms with van der Waals surface area (Å²) in [6.07, 6.45) is 0. The van der Waals surface area contributed by atoms with E-state index in [9.17, 15) is 4.79 Å². The number of aromatic nitrogens is 2. The van der Waals surface area contributed by atoms with Crippen LogP contribution in [0, 0.1) is 0 Å². The fourth-order valence-corrected chi connectivity index (χ4v) is 2.26. The first-order valence-electron chi connectivity index (χ1n) is 5.20. The van der Waals surface area contributed by atoms with Gasteiger partial charge in [0, 0.05) is 12.6 Å². The Bertz CT molecular complexity index is 450. The number of nitrogens with zero attached hydrogens (tertiary/aromatic N) is 3. The number of hydrogen-bond acceptors (Lipinski definition) is 2. The molecule has 0 spiro atoms. The summed E-state index contributed by atoms with van der Waals surface area (Å²) in [6, 6.07) is 2.09. The van der Waals surface area contributed by atoms with Gasteiger partial charge in [-0.25, -0.2) is 0 Å². The van der Waals surface area contributed by atoms with E-state index >= 15 is 0 Å². The fourth-order valence-electron chi connectivity index (χ4n) is 1.85. The topological polar surface area (TPSA) is 38.1 Å². The van der Waals surface area contributed by atoms with Crippen LogP contribution in [0.3, 0.4) is 0 Å². The second-order valence-electron chi connectivity index (χ2n) is 4.23. The van der Waals surface area contributed by atoms with Crippen molar-refractivity contribution in [3.05, 3.63) is 22.9 Å². The van der Waals surface area contributed by atoms with Crippen LogP contribution < -0.4 is 0 Å². The molecule has 0 fully saturated rings. The van der Waals surface area contributed by atoms with Gasteiger partial charge in [0.25, 0.3) is 0 Å². The van der Waals surface area contributed by atoms with E-state index in [1.807, 2.05) is 24.8 Å². The summed E-state index contributed by atoms with van der Waals surface area (Å²) in [6.45, 7) is 8.91. The molecule has 0 N–H and O–H groups in total. The van der Waals surface area contributed by atoms with E-state index in [4.69, 9.17) is 0 Å². The first-order chi connectivity index (χ1) is 7.49. The van der Waals surface area contributed by atoms with Crippen LogP contribution in [0.2, 0.25) is 0 Å². The average Bonchev–Trinajstić information content (AvgIpc) is 2.49. The Morgan fingerprint density at radius 1 is 1.50 bits per heavy atom. The number of carbonyl (C=O) groups excluding carboxylic acids is 1. The summed E-state index contributed by atoms with van der Waals surface area (Å²) in [5.41, 5.74) is 1.86. The van der Waals surface area contributed by atoms with Gasteiger partial charge in [0.05, 0.1) is 5.69 Å². The van der Waals surface area contributed by atoms with Crippen LogP contribution in [0.1, 0.15) is 19.5 Å². The van der Waals surface area contributed by atoms with Gasteiger partial charge in [-0.05, 0) is 41.4 Å². The number of halogens is 1. The van der Waals surface area contributed by atoms with Gasteiger partial charge in [0.15, 0.2) is 0 Å². The standard InChI is InChI=1S/C11H14BrN3O/c1-7(2)14-5-8(3)9-4-10(12)13-15(9)6-11(14)16/h4,7H,3,5-6H2,1-2H3. The molecule has 2 rings (SSSR count). The van der Waals surface area contributed by atoms with E-state index in [1.54, 1.807) is 4.68 Å². The van der Waals surface area contributed by atoms with Gasteiger partial charge in [-0.15, -0.1) is 0 Å². The molecule has 5 heteroatoms. The summed E-state index contributed by atoms with van der Waals surface area (Å²) < 4.78 is 2.45. The SMILES string of the molecule is C=C1CN(C(C)C)C(=O)Cn2nc(Br)cc21. The fraction of sp³-hybridized carbons (Fsp3) is 0.455. The third-order valence-corrected chi connectivity index (χ3v) is 3.09. The Labute approximate surface area is 103 Å². The Kier molecular flexibility index (Phi) is 2.88. The third-order valence-electron chi connectivity index (χ3n) is 2.70. The van der Waals surface area contributed by atoms with Crippen molar-refractivity contribution in [1.82, 2.24) is 14.7 Å². The minimum absolute atomic E-state index is 0.0884. The Morgan fingerprint density at radius 3 is 2.81 bits per heavy atom. The molecule has 4 nitrogen and oxygen atoms in total. The minimum atomic E-state index is 0.0884. The molecule has 2 heterocycles. The normalized spacial score (nSPS) is 16.6. The molecule has 1 aromatic rings. The molecule has 0 unspecified atom stereocenters. The number of carbonyl (C=O) groups is 1. The summed E-state index contributed by atoms with van der Waals surface area (Å²) in [7, 11) is 0. The van der Waals surface area contributed by atoms with Crippen molar-refractivity contribution in [1.29, 1.82) is 0 Å². The molecule has 0 saturated carbocycles. The molecule has 1 aliphatic rings. The third kappa shape index (κ3) is 1.91. The van der Waals surface area contributed by atoms with Gasteiger partial charge >= 0.3 is 0 Å². The predicted octanol–water partition coefficient (Wildman–Crippen LogP) is 1.91. The van der Waals surface area contributed by atoms with Crippen molar-refractivity contribution in [2.24, 2.45) is 0 Å². The molecule has 0 aromatic carbocycles. The van der Waals surface area contributed by atoms with Crippen molar-refractivity contribution in [2.45, 2.75) is 26.4 Å². The average molecular weight is 284 g/mol. The van der Waals surface area contributed by atoms with Crippen LogP contribution in [-0.2, 0) is 11.3 Å². The lowest BCUT2D eigenvalue weighted by Crippen LogP contribution is -2.38. The maximum absolute atomic E-state index is 12.0. The number of fused-ring (bicyclic) bond motifs is 1. The summed E-state index contributed by atoms with van der Waals surface area (Å²) in [4.78, 5) is 13.8. The largest absolute Gasteiger partial charge is 0.334 e. The van der Waals surface area contributed by atoms with Crippen LogP contribution in [0.4, 0.5) is 0 Å². The lowest BCUT2D eigenvalue weighted by atomic mass is 10.2.